The minimum atomic E-state index is -0.651. The fourth-order valence-electron chi connectivity index (χ4n) is 3.63. The Hall–Kier alpha value is -2.38. The molecule has 0 saturated carbocycles. The van der Waals surface area contributed by atoms with Crippen LogP contribution in [0.4, 0.5) is 4.39 Å². The molecule has 2 fully saturated rings. The molecule has 8 heteroatoms. The number of carbonyl (C=O) groups is 2. The average molecular weight is 393 g/mol. The number of furan rings is 1. The summed E-state index contributed by atoms with van der Waals surface area (Å²) in [5.41, 5.74) is -0.0239. The van der Waals surface area contributed by atoms with Crippen molar-refractivity contribution in [1.29, 1.82) is 0 Å². The molecule has 1 aromatic heterocycles. The summed E-state index contributed by atoms with van der Waals surface area (Å²) in [5.74, 6) is -1.09. The van der Waals surface area contributed by atoms with Crippen LogP contribution >= 0.6 is 11.6 Å². The van der Waals surface area contributed by atoms with E-state index in [0.29, 0.717) is 26.3 Å². The third-order valence-corrected chi connectivity index (χ3v) is 5.15. The molecule has 0 unspecified atom stereocenters. The van der Waals surface area contributed by atoms with Crippen molar-refractivity contribution in [2.45, 2.75) is 6.04 Å². The fraction of sp³-hybridized carbons (Fsp3) is 0.368. The van der Waals surface area contributed by atoms with Gasteiger partial charge in [-0.1, -0.05) is 11.6 Å². The summed E-state index contributed by atoms with van der Waals surface area (Å²) in [5, 5.41) is 0.236. The van der Waals surface area contributed by atoms with Crippen molar-refractivity contribution in [2.24, 2.45) is 5.92 Å². The molecule has 2 aromatic rings. The van der Waals surface area contributed by atoms with E-state index in [1.165, 1.54) is 18.4 Å². The Kier molecular flexibility index (Phi) is 4.88. The SMILES string of the molecule is O=C(c1ccc(Cl)cc1F)N1C[C@@H]2COC[C@H](C1)N(C(=O)c1ccco1)C2. The van der Waals surface area contributed by atoms with Gasteiger partial charge < -0.3 is 19.0 Å². The Morgan fingerprint density at radius 1 is 1.11 bits per heavy atom. The average Bonchev–Trinajstić information content (AvgIpc) is 3.00. The van der Waals surface area contributed by atoms with Crippen LogP contribution in [0.5, 0.6) is 0 Å². The number of halogens is 2. The van der Waals surface area contributed by atoms with E-state index in [-0.39, 0.29) is 40.8 Å². The quantitative estimate of drug-likeness (QED) is 0.788. The van der Waals surface area contributed by atoms with Crippen molar-refractivity contribution in [3.63, 3.8) is 0 Å². The molecular weight excluding hydrogens is 375 g/mol. The molecule has 0 radical (unpaired) electrons. The van der Waals surface area contributed by atoms with E-state index < -0.39 is 11.7 Å². The number of fused-ring (bicyclic) bond motifs is 3. The monoisotopic (exact) mass is 392 g/mol. The van der Waals surface area contributed by atoms with Gasteiger partial charge in [0, 0.05) is 30.6 Å². The Morgan fingerprint density at radius 2 is 1.96 bits per heavy atom. The second-order valence-corrected chi connectivity index (χ2v) is 7.26. The van der Waals surface area contributed by atoms with Gasteiger partial charge in [0.05, 0.1) is 31.1 Å². The van der Waals surface area contributed by atoms with E-state index in [1.54, 1.807) is 21.9 Å². The molecule has 27 heavy (non-hydrogen) atoms. The summed E-state index contributed by atoms with van der Waals surface area (Å²) in [4.78, 5) is 29.0. The van der Waals surface area contributed by atoms with Gasteiger partial charge in [0.15, 0.2) is 5.76 Å². The first kappa shape index (κ1) is 18.0. The highest BCUT2D eigenvalue weighted by Gasteiger charge is 2.38. The van der Waals surface area contributed by atoms with Crippen molar-refractivity contribution in [3.8, 4) is 0 Å². The van der Waals surface area contributed by atoms with Gasteiger partial charge in [0.1, 0.15) is 5.82 Å². The lowest BCUT2D eigenvalue weighted by Crippen LogP contribution is -2.47. The number of rotatable bonds is 2. The summed E-state index contributed by atoms with van der Waals surface area (Å²) in [6, 6.07) is 6.96. The molecule has 2 saturated heterocycles. The zero-order valence-corrected chi connectivity index (χ0v) is 15.2. The number of nitrogens with zero attached hydrogens (tertiary/aromatic N) is 2. The maximum absolute atomic E-state index is 14.2. The van der Waals surface area contributed by atoms with Gasteiger partial charge >= 0.3 is 0 Å². The molecule has 0 N–H and O–H groups in total. The van der Waals surface area contributed by atoms with Crippen molar-refractivity contribution in [3.05, 3.63) is 58.8 Å². The molecule has 4 rings (SSSR count). The van der Waals surface area contributed by atoms with Crippen LogP contribution in [0.15, 0.2) is 41.0 Å². The number of carbonyl (C=O) groups excluding carboxylic acids is 2. The lowest BCUT2D eigenvalue weighted by Gasteiger charge is -2.31. The molecule has 142 valence electrons. The number of amides is 2. The van der Waals surface area contributed by atoms with Crippen LogP contribution in [0.3, 0.4) is 0 Å². The van der Waals surface area contributed by atoms with Gasteiger partial charge in [0.2, 0.25) is 0 Å². The van der Waals surface area contributed by atoms with Gasteiger partial charge in [-0.05, 0) is 30.3 Å². The molecule has 2 atom stereocenters. The highest BCUT2D eigenvalue weighted by molar-refractivity contribution is 6.30. The molecule has 2 bridgehead atoms. The summed E-state index contributed by atoms with van der Waals surface area (Å²) >= 11 is 5.78. The van der Waals surface area contributed by atoms with Crippen molar-refractivity contribution < 1.29 is 23.1 Å². The Labute approximate surface area is 160 Å². The lowest BCUT2D eigenvalue weighted by molar-refractivity contribution is 0.0370. The maximum Gasteiger partial charge on any atom is 0.289 e. The van der Waals surface area contributed by atoms with Gasteiger partial charge in [0.25, 0.3) is 11.8 Å². The third-order valence-electron chi connectivity index (χ3n) is 4.91. The van der Waals surface area contributed by atoms with Crippen LogP contribution < -0.4 is 0 Å². The summed E-state index contributed by atoms with van der Waals surface area (Å²) in [7, 11) is 0. The number of ether oxygens (including phenoxy) is 1. The first-order valence-electron chi connectivity index (χ1n) is 8.69. The molecule has 2 aliphatic rings. The molecule has 6 nitrogen and oxygen atoms in total. The largest absolute Gasteiger partial charge is 0.459 e. The van der Waals surface area contributed by atoms with E-state index >= 15 is 0 Å². The predicted molar refractivity (Wildman–Crippen MR) is 95.2 cm³/mol. The summed E-state index contributed by atoms with van der Waals surface area (Å²) in [6.45, 7) is 1.86. The van der Waals surface area contributed by atoms with Gasteiger partial charge in [-0.2, -0.15) is 0 Å². The summed E-state index contributed by atoms with van der Waals surface area (Å²) in [6.07, 6.45) is 1.45. The number of hydrogen-bond acceptors (Lipinski definition) is 4. The lowest BCUT2D eigenvalue weighted by atomic mass is 10.1. The van der Waals surface area contributed by atoms with E-state index in [1.807, 2.05) is 0 Å². The molecule has 2 amide bonds. The molecule has 1 aromatic carbocycles. The van der Waals surface area contributed by atoms with Crippen LogP contribution in [0.25, 0.3) is 0 Å². The number of hydrogen-bond donors (Lipinski definition) is 0. The van der Waals surface area contributed by atoms with E-state index in [4.69, 9.17) is 20.8 Å². The maximum atomic E-state index is 14.2. The van der Waals surface area contributed by atoms with Gasteiger partial charge in [-0.15, -0.1) is 0 Å². The van der Waals surface area contributed by atoms with Crippen LogP contribution in [0, 0.1) is 11.7 Å². The summed E-state index contributed by atoms with van der Waals surface area (Å²) < 4.78 is 25.1. The first-order valence-corrected chi connectivity index (χ1v) is 9.07. The van der Waals surface area contributed by atoms with Crippen LogP contribution in [-0.2, 0) is 4.74 Å². The van der Waals surface area contributed by atoms with Gasteiger partial charge in [-0.3, -0.25) is 9.59 Å². The highest BCUT2D eigenvalue weighted by Crippen LogP contribution is 2.24. The van der Waals surface area contributed by atoms with Crippen LogP contribution in [0.2, 0.25) is 5.02 Å². The zero-order chi connectivity index (χ0) is 19.0. The highest BCUT2D eigenvalue weighted by atomic mass is 35.5. The van der Waals surface area contributed by atoms with Crippen LogP contribution in [-0.4, -0.2) is 60.5 Å². The second-order valence-electron chi connectivity index (χ2n) is 6.83. The predicted octanol–water partition coefficient (Wildman–Crippen LogP) is 2.69. The minimum Gasteiger partial charge on any atom is -0.459 e. The van der Waals surface area contributed by atoms with Crippen molar-refractivity contribution in [2.75, 3.05) is 32.8 Å². The smallest absolute Gasteiger partial charge is 0.289 e. The molecular formula is C19H18ClFN2O4. The Balaban J connectivity index is 1.59. The normalized spacial score (nSPS) is 22.4. The zero-order valence-electron chi connectivity index (χ0n) is 14.4. The molecule has 0 aliphatic carbocycles. The first-order chi connectivity index (χ1) is 13.0. The fourth-order valence-corrected chi connectivity index (χ4v) is 3.79. The van der Waals surface area contributed by atoms with E-state index in [2.05, 4.69) is 0 Å². The van der Waals surface area contributed by atoms with Crippen molar-refractivity contribution in [1.82, 2.24) is 9.80 Å². The Bertz CT molecular complexity index is 857. The van der Waals surface area contributed by atoms with E-state index in [9.17, 15) is 14.0 Å². The topological polar surface area (TPSA) is 63.0 Å². The molecule has 3 heterocycles. The van der Waals surface area contributed by atoms with Gasteiger partial charge in [-0.25, -0.2) is 4.39 Å². The van der Waals surface area contributed by atoms with Crippen LogP contribution in [0.1, 0.15) is 20.9 Å². The standard InChI is InChI=1S/C19H18ClFN2O4/c20-13-3-4-15(16(21)6-13)18(24)22-7-12-8-23(14(9-22)11-26-10-12)19(25)17-2-1-5-27-17/h1-6,12,14H,7-11H2/t12-,14-/m0/s1. The molecule has 2 aliphatic heterocycles. The second kappa shape index (κ2) is 7.32. The third kappa shape index (κ3) is 3.57. The Morgan fingerprint density at radius 3 is 2.70 bits per heavy atom. The molecule has 0 spiro atoms. The van der Waals surface area contributed by atoms with E-state index in [0.717, 1.165) is 6.07 Å². The van der Waals surface area contributed by atoms with Crippen molar-refractivity contribution >= 4 is 23.4 Å². The minimum absolute atomic E-state index is 0.0239. The number of benzene rings is 1.